The first-order valence-corrected chi connectivity index (χ1v) is 13.6. The molecule has 3 aliphatic heterocycles. The number of aryl methyl sites for hydroxylation is 1. The van der Waals surface area contributed by atoms with Crippen molar-refractivity contribution in [1.29, 1.82) is 0 Å². The van der Waals surface area contributed by atoms with Gasteiger partial charge >= 0.3 is 0 Å². The van der Waals surface area contributed by atoms with Gasteiger partial charge in [0.05, 0.1) is 30.9 Å². The van der Waals surface area contributed by atoms with Crippen LogP contribution in [0.25, 0.3) is 11.8 Å². The van der Waals surface area contributed by atoms with Crippen molar-refractivity contribution in [2.24, 2.45) is 11.1 Å². The van der Waals surface area contributed by atoms with Crippen LogP contribution in [-0.4, -0.2) is 53.3 Å². The van der Waals surface area contributed by atoms with E-state index in [-0.39, 0.29) is 5.92 Å². The lowest BCUT2D eigenvalue weighted by atomic mass is 9.83. The van der Waals surface area contributed by atoms with Crippen molar-refractivity contribution >= 4 is 11.9 Å². The van der Waals surface area contributed by atoms with Crippen molar-refractivity contribution in [3.05, 3.63) is 82.7 Å². The van der Waals surface area contributed by atoms with Crippen LogP contribution in [0.2, 0.25) is 0 Å². The van der Waals surface area contributed by atoms with Crippen molar-refractivity contribution in [2.45, 2.75) is 44.8 Å². The number of piperidine rings is 1. The normalized spacial score (nSPS) is 22.6. The van der Waals surface area contributed by atoms with E-state index in [1.165, 1.54) is 0 Å². The first kappa shape index (κ1) is 26.4. The molecule has 2 fully saturated rings. The average molecular weight is 553 g/mol. The predicted octanol–water partition coefficient (Wildman–Crippen LogP) is 5.97. The number of nitrogens with zero attached hydrogens (tertiary/aromatic N) is 4. The van der Waals surface area contributed by atoms with E-state index in [4.69, 9.17) is 14.3 Å². The van der Waals surface area contributed by atoms with Crippen LogP contribution in [0.15, 0.2) is 53.6 Å². The second kappa shape index (κ2) is 11.0. The van der Waals surface area contributed by atoms with E-state index in [9.17, 15) is 13.2 Å². The Morgan fingerprint density at radius 3 is 2.55 bits per heavy atom. The number of hydrogen-bond donors (Lipinski definition) is 0. The molecule has 0 saturated carbocycles. The van der Waals surface area contributed by atoms with Gasteiger partial charge in [0.15, 0.2) is 29.4 Å². The zero-order chi connectivity index (χ0) is 27.8. The molecule has 6 rings (SSSR count). The van der Waals surface area contributed by atoms with Crippen LogP contribution in [-0.2, 0) is 9.57 Å². The molecular formula is C30H31F3N4O3. The number of halogens is 3. The molecule has 10 heteroatoms. The first-order valence-electron chi connectivity index (χ1n) is 13.6. The molecule has 210 valence electrons. The Morgan fingerprint density at radius 1 is 1.07 bits per heavy atom. The third-order valence-electron chi connectivity index (χ3n) is 7.93. The summed E-state index contributed by atoms with van der Waals surface area (Å²) in [5.74, 6) is -2.50. The highest BCUT2D eigenvalue weighted by molar-refractivity contribution is 6.03. The van der Waals surface area contributed by atoms with Gasteiger partial charge in [0.25, 0.3) is 0 Å². The molecule has 3 aromatic rings. The minimum atomic E-state index is -1.47. The molecule has 1 aromatic heterocycles. The second-order valence-electron chi connectivity index (χ2n) is 10.5. The number of methoxy groups -OCH3 is 1. The highest BCUT2D eigenvalue weighted by atomic mass is 19.2. The summed E-state index contributed by atoms with van der Waals surface area (Å²) in [7, 11) is 1.63. The van der Waals surface area contributed by atoms with Crippen molar-refractivity contribution in [1.82, 2.24) is 14.5 Å². The quantitative estimate of drug-likeness (QED) is 0.365. The third kappa shape index (κ3) is 4.96. The van der Waals surface area contributed by atoms with Crippen molar-refractivity contribution in [2.75, 3.05) is 26.9 Å². The molecule has 7 nitrogen and oxygen atoms in total. The summed E-state index contributed by atoms with van der Waals surface area (Å²) in [4.78, 5) is 12.5. The fraction of sp³-hybridized carbons (Fsp3) is 0.400. The summed E-state index contributed by atoms with van der Waals surface area (Å²) < 4.78 is 55.9. The maximum Gasteiger partial charge on any atom is 0.194 e. The van der Waals surface area contributed by atoms with Crippen LogP contribution in [0.1, 0.15) is 48.5 Å². The SMILES string of the molecule is COc1cc(/C=C2\CCCN3C2=NOC(C2CCOCC2)[C@@H]3c2cc(F)c(F)c(F)c2)ccc1-n1cnc(C)c1. The van der Waals surface area contributed by atoms with Gasteiger partial charge in [0.1, 0.15) is 5.75 Å². The lowest BCUT2D eigenvalue weighted by Crippen LogP contribution is -2.51. The minimum absolute atomic E-state index is 0.0817. The van der Waals surface area contributed by atoms with Gasteiger partial charge in [-0.3, -0.25) is 0 Å². The number of rotatable bonds is 5. The number of amidine groups is 1. The minimum Gasteiger partial charge on any atom is -0.495 e. The Hall–Kier alpha value is -3.79. The summed E-state index contributed by atoms with van der Waals surface area (Å²) in [6, 6.07) is 7.57. The Labute approximate surface area is 230 Å². The fourth-order valence-electron chi connectivity index (χ4n) is 5.96. The Bertz CT molecular complexity index is 1440. The molecule has 2 aromatic carbocycles. The van der Waals surface area contributed by atoms with E-state index in [0.717, 1.165) is 60.3 Å². The van der Waals surface area contributed by atoms with Gasteiger partial charge in [-0.25, -0.2) is 18.2 Å². The first-order chi connectivity index (χ1) is 19.4. The molecule has 0 aliphatic carbocycles. The highest BCUT2D eigenvalue weighted by Crippen LogP contribution is 2.42. The smallest absolute Gasteiger partial charge is 0.194 e. The number of oxime groups is 1. The number of aromatic nitrogens is 2. The fourth-order valence-corrected chi connectivity index (χ4v) is 5.96. The largest absolute Gasteiger partial charge is 0.495 e. The summed E-state index contributed by atoms with van der Waals surface area (Å²) in [5, 5.41) is 4.56. The van der Waals surface area contributed by atoms with Gasteiger partial charge in [-0.1, -0.05) is 11.2 Å². The molecule has 0 N–H and O–H groups in total. The molecule has 2 saturated heterocycles. The van der Waals surface area contributed by atoms with E-state index in [0.29, 0.717) is 36.9 Å². The van der Waals surface area contributed by atoms with Crippen LogP contribution in [0.5, 0.6) is 5.75 Å². The van der Waals surface area contributed by atoms with E-state index in [1.807, 2.05) is 42.0 Å². The Balaban J connectivity index is 1.37. The van der Waals surface area contributed by atoms with Gasteiger partial charge in [-0.15, -0.1) is 0 Å². The van der Waals surface area contributed by atoms with Gasteiger partial charge in [0.2, 0.25) is 0 Å². The summed E-state index contributed by atoms with van der Waals surface area (Å²) in [5.41, 5.74) is 3.97. The highest BCUT2D eigenvalue weighted by Gasteiger charge is 2.44. The van der Waals surface area contributed by atoms with E-state index < -0.39 is 29.6 Å². The number of imidazole rings is 1. The van der Waals surface area contributed by atoms with Gasteiger partial charge in [-0.2, -0.15) is 0 Å². The molecule has 0 bridgehead atoms. The van der Waals surface area contributed by atoms with Gasteiger partial charge in [0, 0.05) is 31.9 Å². The zero-order valence-electron chi connectivity index (χ0n) is 22.4. The maximum absolute atomic E-state index is 14.4. The van der Waals surface area contributed by atoms with E-state index in [1.54, 1.807) is 13.4 Å². The summed E-state index contributed by atoms with van der Waals surface area (Å²) in [6.45, 7) is 3.73. The van der Waals surface area contributed by atoms with E-state index in [2.05, 4.69) is 15.0 Å². The Morgan fingerprint density at radius 2 is 1.85 bits per heavy atom. The number of fused-ring (bicyclic) bond motifs is 1. The molecule has 1 unspecified atom stereocenters. The predicted molar refractivity (Wildman–Crippen MR) is 144 cm³/mol. The standard InChI is InChI=1S/C30H31F3N4O3/c1-18-16-36(17-34-18)25-6-5-19(13-26(25)38-2)12-21-4-3-9-37-28(22-14-23(31)27(33)24(32)15-22)29(40-35-30(21)37)20-7-10-39-11-8-20/h5-6,12-17,20,28-29H,3-4,7-11H2,1-2H3/b21-12+/t28-,29?/m0/s1. The molecule has 2 atom stereocenters. The van der Waals surface area contributed by atoms with E-state index >= 15 is 0 Å². The molecule has 3 aliphatic rings. The van der Waals surface area contributed by atoms with Crippen molar-refractivity contribution in [3.8, 4) is 11.4 Å². The molecule has 4 heterocycles. The molecular weight excluding hydrogens is 521 g/mol. The maximum atomic E-state index is 14.4. The zero-order valence-corrected chi connectivity index (χ0v) is 22.4. The van der Waals surface area contributed by atoms with Crippen LogP contribution in [0.4, 0.5) is 13.2 Å². The second-order valence-corrected chi connectivity index (χ2v) is 10.5. The monoisotopic (exact) mass is 552 g/mol. The molecule has 0 radical (unpaired) electrons. The molecule has 0 spiro atoms. The van der Waals surface area contributed by atoms with Crippen LogP contribution in [0, 0.1) is 30.3 Å². The topological polar surface area (TPSA) is 61.1 Å². The van der Waals surface area contributed by atoms with Crippen LogP contribution >= 0.6 is 0 Å². The number of hydrogen-bond acceptors (Lipinski definition) is 6. The lowest BCUT2D eigenvalue weighted by Gasteiger charge is -2.46. The van der Waals surface area contributed by atoms with Crippen molar-refractivity contribution < 1.29 is 27.5 Å². The lowest BCUT2D eigenvalue weighted by molar-refractivity contribution is -0.0817. The summed E-state index contributed by atoms with van der Waals surface area (Å²) >= 11 is 0. The van der Waals surface area contributed by atoms with Crippen LogP contribution < -0.4 is 4.74 Å². The number of benzene rings is 2. The third-order valence-corrected chi connectivity index (χ3v) is 7.93. The summed E-state index contributed by atoms with van der Waals surface area (Å²) in [6.07, 6.45) is 8.33. The molecule has 0 amide bonds. The van der Waals surface area contributed by atoms with Gasteiger partial charge in [-0.05, 0) is 79.6 Å². The molecule has 40 heavy (non-hydrogen) atoms. The van der Waals surface area contributed by atoms with Gasteiger partial charge < -0.3 is 23.8 Å². The van der Waals surface area contributed by atoms with Crippen molar-refractivity contribution in [3.63, 3.8) is 0 Å². The average Bonchev–Trinajstić information content (AvgIpc) is 3.41. The Kier molecular flexibility index (Phi) is 7.27. The number of ether oxygens (including phenoxy) is 2. The van der Waals surface area contributed by atoms with Crippen LogP contribution in [0.3, 0.4) is 0 Å².